The summed E-state index contributed by atoms with van der Waals surface area (Å²) in [6.45, 7) is -0.466. The summed E-state index contributed by atoms with van der Waals surface area (Å²) in [5.41, 5.74) is -0.200. The van der Waals surface area contributed by atoms with Crippen LogP contribution >= 0.6 is 0 Å². The quantitative estimate of drug-likeness (QED) is 0.459. The Bertz CT molecular complexity index is 452. The Balaban J connectivity index is 2.03. The van der Waals surface area contributed by atoms with Gasteiger partial charge in [0.2, 0.25) is 12.2 Å². The summed E-state index contributed by atoms with van der Waals surface area (Å²) >= 11 is 0. The molecule has 0 amide bonds. The molecule has 9 heteroatoms. The van der Waals surface area contributed by atoms with Crippen molar-refractivity contribution in [2.45, 2.75) is 24.6 Å². The van der Waals surface area contributed by atoms with E-state index in [2.05, 4.69) is 4.98 Å². The van der Waals surface area contributed by atoms with Crippen LogP contribution in [0.3, 0.4) is 0 Å². The molecule has 104 valence electrons. The van der Waals surface area contributed by atoms with Crippen LogP contribution in [0.2, 0.25) is 0 Å². The van der Waals surface area contributed by atoms with Gasteiger partial charge in [-0.25, -0.2) is 4.98 Å². The molecule has 1 unspecified atom stereocenters. The lowest BCUT2D eigenvalue weighted by molar-refractivity contribution is -0.385. The highest BCUT2D eigenvalue weighted by Gasteiger charge is 2.44. The lowest BCUT2D eigenvalue weighted by Gasteiger charge is -2.15. The maximum Gasteiger partial charge on any atom is 0.287 e. The molecule has 0 aliphatic carbocycles. The van der Waals surface area contributed by atoms with Gasteiger partial charge in [0.25, 0.3) is 5.69 Å². The molecule has 0 spiro atoms. The van der Waals surface area contributed by atoms with Crippen LogP contribution < -0.4 is 4.74 Å². The zero-order valence-corrected chi connectivity index (χ0v) is 9.62. The van der Waals surface area contributed by atoms with Gasteiger partial charge < -0.3 is 24.8 Å². The van der Waals surface area contributed by atoms with Gasteiger partial charge in [0.1, 0.15) is 24.5 Å². The zero-order chi connectivity index (χ0) is 14.0. The van der Waals surface area contributed by atoms with Crippen molar-refractivity contribution in [3.63, 3.8) is 0 Å². The first-order valence-electron chi connectivity index (χ1n) is 5.42. The maximum absolute atomic E-state index is 10.4. The van der Waals surface area contributed by atoms with Crippen molar-refractivity contribution in [2.24, 2.45) is 0 Å². The second-order valence-electron chi connectivity index (χ2n) is 3.94. The number of pyridine rings is 1. The molecule has 1 aromatic rings. The fraction of sp³-hybridized carbons (Fsp3) is 0.500. The standard InChI is InChI=1S/C10H12N2O7/c13-4-6-8(14)9(15)10(18-6)19-7-2-1-5(3-11-7)12(16)17/h1-3,6,8-10,13-15H,4H2/t6-,8-,9-,10?/m1/s1. The smallest absolute Gasteiger partial charge is 0.287 e. The molecule has 0 bridgehead atoms. The van der Waals surface area contributed by atoms with Crippen LogP contribution in [0.15, 0.2) is 18.3 Å². The number of hydrogen-bond acceptors (Lipinski definition) is 8. The van der Waals surface area contributed by atoms with E-state index in [0.717, 1.165) is 6.20 Å². The average Bonchev–Trinajstić information content (AvgIpc) is 2.67. The van der Waals surface area contributed by atoms with E-state index in [0.29, 0.717) is 0 Å². The van der Waals surface area contributed by atoms with Gasteiger partial charge in [0, 0.05) is 12.1 Å². The number of nitro groups is 1. The third kappa shape index (κ3) is 2.79. The van der Waals surface area contributed by atoms with Gasteiger partial charge in [-0.2, -0.15) is 0 Å². The third-order valence-corrected chi connectivity index (χ3v) is 2.67. The van der Waals surface area contributed by atoms with Gasteiger partial charge in [-0.1, -0.05) is 0 Å². The van der Waals surface area contributed by atoms with Crippen molar-refractivity contribution >= 4 is 5.69 Å². The largest absolute Gasteiger partial charge is 0.445 e. The topological polar surface area (TPSA) is 135 Å². The van der Waals surface area contributed by atoms with E-state index >= 15 is 0 Å². The molecule has 0 saturated carbocycles. The molecule has 1 aromatic heterocycles. The van der Waals surface area contributed by atoms with Crippen molar-refractivity contribution in [3.8, 4) is 5.88 Å². The van der Waals surface area contributed by atoms with Gasteiger partial charge >= 0.3 is 0 Å². The first-order valence-corrected chi connectivity index (χ1v) is 5.42. The zero-order valence-electron chi connectivity index (χ0n) is 9.62. The van der Waals surface area contributed by atoms with E-state index in [1.54, 1.807) is 0 Å². The van der Waals surface area contributed by atoms with Crippen molar-refractivity contribution in [2.75, 3.05) is 6.61 Å². The van der Waals surface area contributed by atoms with Crippen LogP contribution in [0, 0.1) is 10.1 Å². The van der Waals surface area contributed by atoms with Gasteiger partial charge in [-0.3, -0.25) is 10.1 Å². The van der Waals surface area contributed by atoms with E-state index in [1.807, 2.05) is 0 Å². The van der Waals surface area contributed by atoms with Gasteiger partial charge in [-0.15, -0.1) is 0 Å². The number of ether oxygens (including phenoxy) is 2. The molecule has 0 radical (unpaired) electrons. The van der Waals surface area contributed by atoms with E-state index in [1.165, 1.54) is 12.1 Å². The van der Waals surface area contributed by atoms with Crippen LogP contribution in [0.25, 0.3) is 0 Å². The predicted molar refractivity (Wildman–Crippen MR) is 59.3 cm³/mol. The molecule has 2 rings (SSSR count). The Morgan fingerprint density at radius 2 is 2.16 bits per heavy atom. The molecular weight excluding hydrogens is 260 g/mol. The van der Waals surface area contributed by atoms with Crippen molar-refractivity contribution in [3.05, 3.63) is 28.4 Å². The third-order valence-electron chi connectivity index (χ3n) is 2.67. The number of aliphatic hydroxyl groups is 3. The predicted octanol–water partition coefficient (Wildman–Crippen LogP) is -1.19. The molecule has 9 nitrogen and oxygen atoms in total. The maximum atomic E-state index is 10.4. The van der Waals surface area contributed by atoms with Gasteiger partial charge in [-0.05, 0) is 0 Å². The summed E-state index contributed by atoms with van der Waals surface area (Å²) in [7, 11) is 0. The molecule has 1 saturated heterocycles. The van der Waals surface area contributed by atoms with E-state index in [-0.39, 0.29) is 11.6 Å². The number of rotatable bonds is 4. The molecule has 1 aliphatic heterocycles. The Morgan fingerprint density at radius 3 is 2.63 bits per heavy atom. The minimum Gasteiger partial charge on any atom is -0.445 e. The molecule has 1 fully saturated rings. The highest BCUT2D eigenvalue weighted by atomic mass is 16.7. The molecule has 19 heavy (non-hydrogen) atoms. The summed E-state index contributed by atoms with van der Waals surface area (Å²) in [5.74, 6) is 0.000407. The van der Waals surface area contributed by atoms with E-state index < -0.39 is 36.1 Å². The second-order valence-corrected chi connectivity index (χ2v) is 3.94. The second kappa shape index (κ2) is 5.45. The summed E-state index contributed by atoms with van der Waals surface area (Å²) < 4.78 is 10.2. The van der Waals surface area contributed by atoms with Crippen LogP contribution in [0.1, 0.15) is 0 Å². The molecule has 3 N–H and O–H groups in total. The van der Waals surface area contributed by atoms with Crippen molar-refractivity contribution in [1.82, 2.24) is 4.98 Å². The summed E-state index contributed by atoms with van der Waals surface area (Å²) in [4.78, 5) is 13.5. The number of aromatic nitrogens is 1. The van der Waals surface area contributed by atoms with Crippen LogP contribution in [0.5, 0.6) is 5.88 Å². The van der Waals surface area contributed by atoms with Crippen LogP contribution in [-0.4, -0.2) is 56.4 Å². The molecular formula is C10H12N2O7. The summed E-state index contributed by atoms with van der Waals surface area (Å²) in [6.07, 6.45) is -3.75. The van der Waals surface area contributed by atoms with E-state index in [9.17, 15) is 20.3 Å². The first kappa shape index (κ1) is 13.6. The first-order chi connectivity index (χ1) is 9.02. The summed E-state index contributed by atoms with van der Waals surface area (Å²) in [6, 6.07) is 2.43. The molecule has 1 aliphatic rings. The molecule has 4 atom stereocenters. The SMILES string of the molecule is O=[N+]([O-])c1ccc(OC2O[C@H](CO)[C@@H](O)[C@H]2O)nc1. The highest BCUT2D eigenvalue weighted by Crippen LogP contribution is 2.24. The minimum absolute atomic E-state index is 0.000407. The molecule has 2 heterocycles. The minimum atomic E-state index is -1.34. The van der Waals surface area contributed by atoms with E-state index in [4.69, 9.17) is 14.6 Å². The number of aliphatic hydroxyl groups excluding tert-OH is 3. The lowest BCUT2D eigenvalue weighted by atomic mass is 10.1. The van der Waals surface area contributed by atoms with Gasteiger partial charge in [0.15, 0.2) is 0 Å². The monoisotopic (exact) mass is 272 g/mol. The Morgan fingerprint density at radius 1 is 1.42 bits per heavy atom. The highest BCUT2D eigenvalue weighted by molar-refractivity contribution is 5.28. The Kier molecular flexibility index (Phi) is 3.90. The Hall–Kier alpha value is -1.81. The van der Waals surface area contributed by atoms with Gasteiger partial charge in [0.05, 0.1) is 11.5 Å². The molecule has 0 aromatic carbocycles. The van der Waals surface area contributed by atoms with Crippen LogP contribution in [-0.2, 0) is 4.74 Å². The fourth-order valence-corrected chi connectivity index (χ4v) is 1.63. The lowest BCUT2D eigenvalue weighted by Crippen LogP contribution is -2.35. The number of nitrogens with zero attached hydrogens (tertiary/aromatic N) is 2. The van der Waals surface area contributed by atoms with Crippen molar-refractivity contribution < 1.29 is 29.7 Å². The normalized spacial score (nSPS) is 30.3. The summed E-state index contributed by atoms with van der Waals surface area (Å²) in [5, 5.41) is 38.4. The fourth-order valence-electron chi connectivity index (χ4n) is 1.63. The number of hydrogen-bond donors (Lipinski definition) is 3. The Labute approximate surface area is 107 Å². The van der Waals surface area contributed by atoms with Crippen molar-refractivity contribution in [1.29, 1.82) is 0 Å². The average molecular weight is 272 g/mol. The van der Waals surface area contributed by atoms with Crippen LogP contribution in [0.4, 0.5) is 5.69 Å².